The molecule has 188 valence electrons. The first-order valence-corrected chi connectivity index (χ1v) is 11.3. The van der Waals surface area contributed by atoms with Gasteiger partial charge < -0.3 is 28.4 Å². The van der Waals surface area contributed by atoms with Crippen LogP contribution in [0.3, 0.4) is 0 Å². The van der Waals surface area contributed by atoms with Crippen LogP contribution >= 0.6 is 0 Å². The molecule has 2 rings (SSSR count). The highest BCUT2D eigenvalue weighted by atomic mass is 16.6. The Balaban J connectivity index is 2.21. The summed E-state index contributed by atoms with van der Waals surface area (Å²) in [6, 6.07) is 5.73. The third kappa shape index (κ3) is 6.87. The van der Waals surface area contributed by atoms with Crippen molar-refractivity contribution in [3.8, 4) is 11.5 Å². The molecule has 0 aromatic heterocycles. The van der Waals surface area contributed by atoms with Crippen LogP contribution in [-0.4, -0.2) is 57.3 Å². The molecule has 0 aliphatic carbocycles. The van der Waals surface area contributed by atoms with Crippen LogP contribution in [0, 0.1) is 5.92 Å². The molecule has 1 aromatic carbocycles. The fourth-order valence-corrected chi connectivity index (χ4v) is 3.74. The monoisotopic (exact) mass is 474 g/mol. The van der Waals surface area contributed by atoms with Crippen molar-refractivity contribution in [1.29, 1.82) is 0 Å². The number of ether oxygens (including phenoxy) is 6. The molecule has 0 spiro atoms. The fraction of sp³-hybridized carbons (Fsp3) is 0.519. The molecule has 0 N–H and O–H groups in total. The molecule has 1 heterocycles. The van der Waals surface area contributed by atoms with Crippen LogP contribution in [0.4, 0.5) is 0 Å². The molecule has 7 heteroatoms. The molecule has 0 saturated carbocycles. The number of hydrogen-bond donors (Lipinski definition) is 0. The molecule has 0 saturated heterocycles. The third-order valence-electron chi connectivity index (χ3n) is 5.82. The van der Waals surface area contributed by atoms with E-state index in [1.54, 1.807) is 13.2 Å². The molecule has 7 nitrogen and oxygen atoms in total. The summed E-state index contributed by atoms with van der Waals surface area (Å²) >= 11 is 0. The zero-order valence-corrected chi connectivity index (χ0v) is 21.5. The van der Waals surface area contributed by atoms with Gasteiger partial charge in [0.2, 0.25) is 0 Å². The molecule has 34 heavy (non-hydrogen) atoms. The van der Waals surface area contributed by atoms with Gasteiger partial charge in [-0.25, -0.2) is 4.79 Å². The molecular formula is C27H38O7. The highest BCUT2D eigenvalue weighted by Crippen LogP contribution is 2.37. The van der Waals surface area contributed by atoms with Crippen molar-refractivity contribution >= 4 is 12.0 Å². The smallest absolute Gasteiger partial charge is 0.337 e. The molecule has 0 radical (unpaired) electrons. The van der Waals surface area contributed by atoms with Crippen LogP contribution in [0.5, 0.6) is 11.5 Å². The Morgan fingerprint density at radius 1 is 1.18 bits per heavy atom. The van der Waals surface area contributed by atoms with E-state index in [-0.39, 0.29) is 18.1 Å². The maximum absolute atomic E-state index is 12.1. The van der Waals surface area contributed by atoms with Crippen LogP contribution in [0.25, 0.3) is 6.08 Å². The summed E-state index contributed by atoms with van der Waals surface area (Å²) in [6.07, 6.45) is 6.29. The standard InChI is InChI=1S/C27H38O7/c1-10-26(3,4)34-27(5,6)24-17-32-22-14-12-19(15-23(22)33-24)11-13-21(30-8)18(2)20(16-29-7)25(28)31-9/h10-16,18,21,24H,1,17H2,2-9H3/b13-11+,20-16-. The number of fused-ring (bicyclic) bond motifs is 1. The number of rotatable bonds is 11. The lowest BCUT2D eigenvalue weighted by atomic mass is 9.95. The van der Waals surface area contributed by atoms with Crippen LogP contribution < -0.4 is 9.47 Å². The van der Waals surface area contributed by atoms with Gasteiger partial charge in [-0.15, -0.1) is 6.58 Å². The van der Waals surface area contributed by atoms with E-state index in [2.05, 4.69) is 6.58 Å². The van der Waals surface area contributed by atoms with Crippen molar-refractivity contribution in [1.82, 2.24) is 0 Å². The SMILES string of the molecule is C=CC(C)(C)OC(C)(C)C1COc2ccc(/C=C/C(OC)C(C)/C(=C/OC)C(=O)OC)cc2O1. The van der Waals surface area contributed by atoms with E-state index in [0.717, 1.165) is 5.56 Å². The van der Waals surface area contributed by atoms with Gasteiger partial charge in [-0.2, -0.15) is 0 Å². The predicted molar refractivity (Wildman–Crippen MR) is 132 cm³/mol. The van der Waals surface area contributed by atoms with Crippen molar-refractivity contribution in [3.63, 3.8) is 0 Å². The summed E-state index contributed by atoms with van der Waals surface area (Å²) in [5.41, 5.74) is 0.188. The second-order valence-corrected chi connectivity index (χ2v) is 9.29. The van der Waals surface area contributed by atoms with E-state index in [4.69, 9.17) is 28.4 Å². The summed E-state index contributed by atoms with van der Waals surface area (Å²) in [7, 11) is 4.41. The Hall–Kier alpha value is -2.77. The minimum Gasteiger partial charge on any atom is -0.504 e. The Bertz CT molecular complexity index is 914. The number of esters is 1. The molecule has 1 aromatic rings. The Labute approximate surface area is 203 Å². The number of benzene rings is 1. The zero-order valence-electron chi connectivity index (χ0n) is 21.5. The van der Waals surface area contributed by atoms with Crippen molar-refractivity contribution in [2.75, 3.05) is 27.9 Å². The van der Waals surface area contributed by atoms with Crippen LogP contribution in [0.2, 0.25) is 0 Å². The predicted octanol–water partition coefficient (Wildman–Crippen LogP) is 4.95. The number of carbonyl (C=O) groups is 1. The van der Waals surface area contributed by atoms with Gasteiger partial charge in [-0.3, -0.25) is 0 Å². The lowest BCUT2D eigenvalue weighted by Gasteiger charge is -2.41. The lowest BCUT2D eigenvalue weighted by molar-refractivity contribution is -0.158. The number of methoxy groups -OCH3 is 3. The second-order valence-electron chi connectivity index (χ2n) is 9.29. The van der Waals surface area contributed by atoms with Crippen molar-refractivity contribution < 1.29 is 33.2 Å². The van der Waals surface area contributed by atoms with E-state index < -0.39 is 17.2 Å². The highest BCUT2D eigenvalue weighted by molar-refractivity contribution is 5.88. The quantitative estimate of drug-likeness (QED) is 0.194. The highest BCUT2D eigenvalue weighted by Gasteiger charge is 2.39. The minimum absolute atomic E-state index is 0.290. The first-order chi connectivity index (χ1) is 16.0. The normalized spacial score (nSPS) is 18.4. The van der Waals surface area contributed by atoms with E-state index in [0.29, 0.717) is 23.7 Å². The molecular weight excluding hydrogens is 436 g/mol. The van der Waals surface area contributed by atoms with Crippen LogP contribution in [0.15, 0.2) is 48.8 Å². The maximum atomic E-state index is 12.1. The summed E-state index contributed by atoms with van der Waals surface area (Å²) in [5, 5.41) is 0. The molecule has 0 fully saturated rings. The summed E-state index contributed by atoms with van der Waals surface area (Å²) < 4.78 is 34.0. The second kappa shape index (κ2) is 11.6. The topological polar surface area (TPSA) is 72.5 Å². The van der Waals surface area contributed by atoms with Crippen molar-refractivity contribution in [3.05, 3.63) is 54.3 Å². The van der Waals surface area contributed by atoms with E-state index in [9.17, 15) is 4.79 Å². The van der Waals surface area contributed by atoms with Gasteiger partial charge in [0.1, 0.15) is 12.2 Å². The van der Waals surface area contributed by atoms with Gasteiger partial charge in [-0.1, -0.05) is 31.2 Å². The van der Waals surface area contributed by atoms with Gasteiger partial charge in [0.25, 0.3) is 0 Å². The largest absolute Gasteiger partial charge is 0.504 e. The van der Waals surface area contributed by atoms with Crippen molar-refractivity contribution in [2.24, 2.45) is 5.92 Å². The van der Waals surface area contributed by atoms with Gasteiger partial charge in [-0.05, 0) is 45.4 Å². The zero-order chi connectivity index (χ0) is 25.5. The van der Waals surface area contributed by atoms with Crippen molar-refractivity contribution in [2.45, 2.75) is 58.0 Å². The Morgan fingerprint density at radius 3 is 2.47 bits per heavy atom. The average molecular weight is 475 g/mol. The Morgan fingerprint density at radius 2 is 1.88 bits per heavy atom. The average Bonchev–Trinajstić information content (AvgIpc) is 2.81. The molecule has 0 bridgehead atoms. The van der Waals surface area contributed by atoms with E-state index in [1.807, 2.05) is 65.0 Å². The first-order valence-electron chi connectivity index (χ1n) is 11.3. The maximum Gasteiger partial charge on any atom is 0.337 e. The fourth-order valence-electron chi connectivity index (χ4n) is 3.74. The number of carbonyl (C=O) groups excluding carboxylic acids is 1. The van der Waals surface area contributed by atoms with Gasteiger partial charge >= 0.3 is 5.97 Å². The molecule has 3 unspecified atom stereocenters. The molecule has 0 amide bonds. The van der Waals surface area contributed by atoms with E-state index in [1.165, 1.54) is 20.5 Å². The summed E-state index contributed by atoms with van der Waals surface area (Å²) in [5.74, 6) is 0.573. The van der Waals surface area contributed by atoms with Crippen LogP contribution in [0.1, 0.15) is 40.2 Å². The summed E-state index contributed by atoms with van der Waals surface area (Å²) in [6.45, 7) is 14.0. The van der Waals surface area contributed by atoms with Gasteiger partial charge in [0.15, 0.2) is 17.6 Å². The molecule has 1 aliphatic rings. The first kappa shape index (κ1) is 27.5. The molecule has 3 atom stereocenters. The van der Waals surface area contributed by atoms with Crippen LogP contribution in [-0.2, 0) is 23.7 Å². The lowest BCUT2D eigenvalue weighted by Crippen LogP contribution is -2.51. The Kier molecular flexibility index (Phi) is 9.36. The summed E-state index contributed by atoms with van der Waals surface area (Å²) in [4.78, 5) is 12.1. The van der Waals surface area contributed by atoms with Gasteiger partial charge in [0, 0.05) is 13.0 Å². The van der Waals surface area contributed by atoms with E-state index >= 15 is 0 Å². The third-order valence-corrected chi connectivity index (χ3v) is 5.82. The molecule has 1 aliphatic heterocycles. The van der Waals surface area contributed by atoms with Gasteiger partial charge in [0.05, 0.1) is 37.8 Å². The minimum atomic E-state index is -0.601. The number of hydrogen-bond acceptors (Lipinski definition) is 7.